The molecule has 0 spiro atoms. The van der Waals surface area contributed by atoms with Crippen LogP contribution in [0.5, 0.6) is 0 Å². The van der Waals surface area contributed by atoms with Gasteiger partial charge >= 0.3 is 0 Å². The maximum atomic E-state index is 4.72. The van der Waals surface area contributed by atoms with E-state index in [0.29, 0.717) is 11.9 Å². The minimum absolute atomic E-state index is 0.554. The average Bonchev–Trinajstić information content (AvgIpc) is 3.00. The smallest absolute Gasteiger partial charge is 0.232 e. The Balaban J connectivity index is 1.05. The molecule has 0 bridgehead atoms. The van der Waals surface area contributed by atoms with E-state index in [1.54, 1.807) is 6.33 Å². The Hall–Kier alpha value is -4.31. The number of nitrogens with one attached hydrogen (secondary N) is 2. The molecule has 39 heavy (non-hydrogen) atoms. The lowest BCUT2D eigenvalue weighted by Crippen LogP contribution is -2.47. The van der Waals surface area contributed by atoms with Gasteiger partial charge in [0, 0.05) is 82.5 Å². The zero-order valence-corrected chi connectivity index (χ0v) is 22.3. The summed E-state index contributed by atoms with van der Waals surface area (Å²) >= 11 is 0. The first-order valence-corrected chi connectivity index (χ1v) is 13.6. The zero-order valence-electron chi connectivity index (χ0n) is 22.3. The van der Waals surface area contributed by atoms with E-state index in [1.807, 2.05) is 18.5 Å². The Bertz CT molecular complexity index is 1360. The second kappa shape index (κ2) is 11.6. The van der Waals surface area contributed by atoms with Gasteiger partial charge in [-0.3, -0.25) is 0 Å². The number of anilines is 5. The predicted molar refractivity (Wildman–Crippen MR) is 155 cm³/mol. The van der Waals surface area contributed by atoms with Crippen LogP contribution in [0.15, 0.2) is 67.3 Å². The highest BCUT2D eigenvalue weighted by Crippen LogP contribution is 2.25. The van der Waals surface area contributed by atoms with Gasteiger partial charge in [-0.15, -0.1) is 0 Å². The lowest BCUT2D eigenvalue weighted by molar-refractivity contribution is 0.589. The van der Waals surface area contributed by atoms with Gasteiger partial charge in [0.15, 0.2) is 0 Å². The van der Waals surface area contributed by atoms with Crippen LogP contribution in [0.2, 0.25) is 0 Å². The molecule has 0 aliphatic carbocycles. The van der Waals surface area contributed by atoms with Crippen molar-refractivity contribution in [3.05, 3.63) is 83.9 Å². The molecule has 200 valence electrons. The maximum absolute atomic E-state index is 4.72. The van der Waals surface area contributed by atoms with Crippen molar-refractivity contribution in [2.75, 3.05) is 72.4 Å². The standard InChI is InChI=1S/C29H34N10/c1-22-17-25(37-11-9-30-10-12-37)7-8-26(22)35-27-33-21-34-29(36-27)39-15-13-38(14-16-39)28-31-19-24(20-32-28)18-23-5-3-2-4-6-23/h2-8,17,19-21,30H,9-16,18H2,1H3,(H,33,34,35,36). The summed E-state index contributed by atoms with van der Waals surface area (Å²) in [6.07, 6.45) is 6.29. The molecule has 6 rings (SSSR count). The molecular weight excluding hydrogens is 488 g/mol. The third-order valence-electron chi connectivity index (χ3n) is 7.29. The minimum Gasteiger partial charge on any atom is -0.369 e. The van der Waals surface area contributed by atoms with Crippen LogP contribution in [-0.4, -0.2) is 77.3 Å². The molecule has 0 unspecified atom stereocenters. The summed E-state index contributed by atoms with van der Waals surface area (Å²) in [5, 5.41) is 6.79. The fourth-order valence-electron chi connectivity index (χ4n) is 5.07. The summed E-state index contributed by atoms with van der Waals surface area (Å²) in [6, 6.07) is 16.9. The van der Waals surface area contributed by atoms with Crippen LogP contribution in [0.25, 0.3) is 0 Å². The van der Waals surface area contributed by atoms with E-state index in [0.717, 1.165) is 81.5 Å². The molecule has 10 nitrogen and oxygen atoms in total. The van der Waals surface area contributed by atoms with Gasteiger partial charge in [-0.05, 0) is 41.8 Å². The Morgan fingerprint density at radius 3 is 2.18 bits per heavy atom. The molecule has 2 aliphatic rings. The third-order valence-corrected chi connectivity index (χ3v) is 7.29. The summed E-state index contributed by atoms with van der Waals surface area (Å²) in [5.41, 5.74) is 5.79. The minimum atomic E-state index is 0.554. The highest BCUT2D eigenvalue weighted by Gasteiger charge is 2.21. The molecule has 0 radical (unpaired) electrons. The van der Waals surface area contributed by atoms with E-state index in [9.17, 15) is 0 Å². The van der Waals surface area contributed by atoms with Crippen molar-refractivity contribution < 1.29 is 0 Å². The summed E-state index contributed by atoms with van der Waals surface area (Å²) in [5.74, 6) is 2.00. The largest absolute Gasteiger partial charge is 0.369 e. The number of hydrogen-bond acceptors (Lipinski definition) is 10. The topological polar surface area (TPSA) is 98.2 Å². The van der Waals surface area contributed by atoms with Crippen molar-refractivity contribution in [1.29, 1.82) is 0 Å². The molecule has 2 fully saturated rings. The van der Waals surface area contributed by atoms with Crippen LogP contribution in [0.3, 0.4) is 0 Å². The lowest BCUT2D eigenvalue weighted by atomic mass is 10.1. The zero-order chi connectivity index (χ0) is 26.4. The van der Waals surface area contributed by atoms with Gasteiger partial charge in [0.05, 0.1) is 0 Å². The summed E-state index contributed by atoms with van der Waals surface area (Å²) in [6.45, 7) is 9.41. The molecule has 0 amide bonds. The number of aromatic nitrogens is 5. The second-order valence-corrected chi connectivity index (χ2v) is 10.00. The Labute approximate surface area is 229 Å². The first kappa shape index (κ1) is 25.0. The van der Waals surface area contributed by atoms with Crippen molar-refractivity contribution in [3.63, 3.8) is 0 Å². The van der Waals surface area contributed by atoms with E-state index < -0.39 is 0 Å². The summed E-state index contributed by atoms with van der Waals surface area (Å²) in [4.78, 5) is 29.6. The van der Waals surface area contributed by atoms with Gasteiger partial charge < -0.3 is 25.3 Å². The Kier molecular flexibility index (Phi) is 7.44. The normalized spacial score (nSPS) is 15.9. The highest BCUT2D eigenvalue weighted by molar-refractivity contribution is 5.64. The van der Waals surface area contributed by atoms with Gasteiger partial charge in [-0.25, -0.2) is 19.9 Å². The van der Waals surface area contributed by atoms with E-state index >= 15 is 0 Å². The second-order valence-electron chi connectivity index (χ2n) is 10.00. The number of nitrogens with zero attached hydrogens (tertiary/aromatic N) is 8. The number of piperazine rings is 2. The van der Waals surface area contributed by atoms with Gasteiger partial charge in [0.1, 0.15) is 6.33 Å². The number of benzene rings is 2. The lowest BCUT2D eigenvalue weighted by Gasteiger charge is -2.34. The number of aryl methyl sites for hydroxylation is 1. The van der Waals surface area contributed by atoms with Crippen molar-refractivity contribution in [3.8, 4) is 0 Å². The molecule has 2 aromatic carbocycles. The Morgan fingerprint density at radius 1 is 0.744 bits per heavy atom. The first-order valence-electron chi connectivity index (χ1n) is 13.6. The highest BCUT2D eigenvalue weighted by atomic mass is 15.4. The van der Waals surface area contributed by atoms with Crippen molar-refractivity contribution in [2.45, 2.75) is 13.3 Å². The quantitative estimate of drug-likeness (QED) is 0.377. The fourth-order valence-corrected chi connectivity index (χ4v) is 5.07. The van der Waals surface area contributed by atoms with Gasteiger partial charge in [-0.2, -0.15) is 4.98 Å². The maximum Gasteiger partial charge on any atom is 0.232 e. The van der Waals surface area contributed by atoms with E-state index in [2.05, 4.69) is 94.7 Å². The fraction of sp³-hybridized carbons (Fsp3) is 0.345. The van der Waals surface area contributed by atoms with Crippen LogP contribution < -0.4 is 25.3 Å². The SMILES string of the molecule is Cc1cc(N2CCNCC2)ccc1Nc1ncnc(N2CCN(c3ncc(Cc4ccccc4)cn3)CC2)n1. The predicted octanol–water partition coefficient (Wildman–Crippen LogP) is 3.04. The van der Waals surface area contributed by atoms with Gasteiger partial charge in [0.25, 0.3) is 0 Å². The van der Waals surface area contributed by atoms with Gasteiger partial charge in [0.2, 0.25) is 17.8 Å². The molecule has 10 heteroatoms. The molecular formula is C29H34N10. The van der Waals surface area contributed by atoms with Crippen LogP contribution in [0, 0.1) is 6.92 Å². The van der Waals surface area contributed by atoms with E-state index in [-0.39, 0.29) is 0 Å². The Morgan fingerprint density at radius 2 is 1.46 bits per heavy atom. The van der Waals surface area contributed by atoms with E-state index in [1.165, 1.54) is 11.3 Å². The van der Waals surface area contributed by atoms with Gasteiger partial charge in [-0.1, -0.05) is 30.3 Å². The molecule has 2 saturated heterocycles. The molecule has 2 aliphatic heterocycles. The third kappa shape index (κ3) is 6.06. The van der Waals surface area contributed by atoms with Crippen LogP contribution in [-0.2, 0) is 6.42 Å². The van der Waals surface area contributed by atoms with Crippen molar-refractivity contribution in [1.82, 2.24) is 30.2 Å². The molecule has 0 atom stereocenters. The molecule has 2 aromatic heterocycles. The summed E-state index contributed by atoms with van der Waals surface area (Å²) < 4.78 is 0. The van der Waals surface area contributed by atoms with Crippen molar-refractivity contribution in [2.24, 2.45) is 0 Å². The van der Waals surface area contributed by atoms with Crippen molar-refractivity contribution >= 4 is 29.2 Å². The number of hydrogen-bond donors (Lipinski definition) is 2. The summed E-state index contributed by atoms with van der Waals surface area (Å²) in [7, 11) is 0. The van der Waals surface area contributed by atoms with Crippen LogP contribution in [0.1, 0.15) is 16.7 Å². The first-order chi connectivity index (χ1) is 19.2. The van der Waals surface area contributed by atoms with Crippen LogP contribution in [0.4, 0.5) is 29.2 Å². The molecule has 4 heterocycles. The molecule has 2 N–H and O–H groups in total. The number of rotatable bonds is 7. The monoisotopic (exact) mass is 522 g/mol. The average molecular weight is 523 g/mol. The van der Waals surface area contributed by atoms with E-state index in [4.69, 9.17) is 4.98 Å². The van der Waals surface area contributed by atoms with Crippen LogP contribution >= 0.6 is 0 Å². The molecule has 0 saturated carbocycles. The molecule has 4 aromatic rings.